The van der Waals surface area contributed by atoms with Crippen LogP contribution in [0.25, 0.3) is 0 Å². The molecule has 2 aliphatic heterocycles. The SMILES string of the molecule is CN1C(=O)C(N2C(=O)c3ccccc3C2=O)C1SC#N. The lowest BCUT2D eigenvalue weighted by atomic mass is 10.1. The molecule has 7 heteroatoms. The Morgan fingerprint density at radius 1 is 1.15 bits per heavy atom. The maximum atomic E-state index is 12.3. The van der Waals surface area contributed by atoms with Gasteiger partial charge in [0.1, 0.15) is 16.8 Å². The molecule has 1 aromatic rings. The number of hydrogen-bond donors (Lipinski definition) is 0. The Bertz CT molecular complexity index is 647. The third-order valence-electron chi connectivity index (χ3n) is 3.53. The molecule has 1 fully saturated rings. The van der Waals surface area contributed by atoms with Crippen molar-refractivity contribution in [2.75, 3.05) is 7.05 Å². The molecule has 0 radical (unpaired) electrons. The number of thiocyanates is 1. The van der Waals surface area contributed by atoms with E-state index in [2.05, 4.69) is 0 Å². The van der Waals surface area contributed by atoms with Gasteiger partial charge in [-0.25, -0.2) is 0 Å². The molecule has 20 heavy (non-hydrogen) atoms. The van der Waals surface area contributed by atoms with Gasteiger partial charge in [-0.05, 0) is 23.9 Å². The van der Waals surface area contributed by atoms with E-state index >= 15 is 0 Å². The summed E-state index contributed by atoms with van der Waals surface area (Å²) in [6.45, 7) is 0. The topological polar surface area (TPSA) is 81.5 Å². The van der Waals surface area contributed by atoms with Crippen LogP contribution in [0, 0.1) is 10.7 Å². The highest BCUT2D eigenvalue weighted by Gasteiger charge is 2.55. The first kappa shape index (κ1) is 12.7. The predicted molar refractivity (Wildman–Crippen MR) is 70.5 cm³/mol. The lowest BCUT2D eigenvalue weighted by molar-refractivity contribution is -0.147. The van der Waals surface area contributed by atoms with Gasteiger partial charge < -0.3 is 4.90 Å². The summed E-state index contributed by atoms with van der Waals surface area (Å²) < 4.78 is 0. The van der Waals surface area contributed by atoms with Gasteiger partial charge in [0.05, 0.1) is 11.1 Å². The number of likely N-dealkylation sites (N-methyl/N-ethyl adjacent to an activating group) is 1. The predicted octanol–water partition coefficient (Wildman–Crippen LogP) is 0.664. The fraction of sp³-hybridized carbons (Fsp3) is 0.231. The van der Waals surface area contributed by atoms with E-state index in [-0.39, 0.29) is 5.91 Å². The Labute approximate surface area is 118 Å². The van der Waals surface area contributed by atoms with Gasteiger partial charge in [0.25, 0.3) is 11.8 Å². The van der Waals surface area contributed by atoms with Crippen molar-refractivity contribution in [3.05, 3.63) is 35.4 Å². The van der Waals surface area contributed by atoms with Crippen LogP contribution in [0.15, 0.2) is 24.3 Å². The molecular weight excluding hydrogens is 278 g/mol. The molecule has 3 rings (SSSR count). The van der Waals surface area contributed by atoms with E-state index in [4.69, 9.17) is 5.26 Å². The molecule has 2 aliphatic rings. The highest BCUT2D eigenvalue weighted by Crippen LogP contribution is 2.36. The summed E-state index contributed by atoms with van der Waals surface area (Å²) in [4.78, 5) is 38.8. The number of nitriles is 1. The van der Waals surface area contributed by atoms with E-state index in [9.17, 15) is 14.4 Å². The van der Waals surface area contributed by atoms with Gasteiger partial charge in [0, 0.05) is 7.05 Å². The lowest BCUT2D eigenvalue weighted by Gasteiger charge is -2.45. The van der Waals surface area contributed by atoms with Crippen molar-refractivity contribution >= 4 is 29.5 Å². The first-order chi connectivity index (χ1) is 9.57. The number of nitrogens with zero attached hydrogens (tertiary/aromatic N) is 3. The second kappa shape index (κ2) is 4.35. The normalized spacial score (nSPS) is 24.5. The monoisotopic (exact) mass is 287 g/mol. The second-order valence-corrected chi connectivity index (χ2v) is 5.42. The first-order valence-electron chi connectivity index (χ1n) is 5.86. The van der Waals surface area contributed by atoms with E-state index in [1.165, 1.54) is 4.90 Å². The summed E-state index contributed by atoms with van der Waals surface area (Å²) in [5, 5.41) is 10.2. The van der Waals surface area contributed by atoms with Crippen LogP contribution in [0.2, 0.25) is 0 Å². The number of benzene rings is 1. The Morgan fingerprint density at radius 3 is 2.20 bits per heavy atom. The van der Waals surface area contributed by atoms with E-state index in [0.29, 0.717) is 11.1 Å². The molecular formula is C13H9N3O3S. The van der Waals surface area contributed by atoms with Crippen LogP contribution < -0.4 is 0 Å². The van der Waals surface area contributed by atoms with E-state index in [1.54, 1.807) is 31.3 Å². The molecule has 2 heterocycles. The van der Waals surface area contributed by atoms with Gasteiger partial charge in [-0.2, -0.15) is 5.26 Å². The number of imide groups is 1. The van der Waals surface area contributed by atoms with Crippen LogP contribution in [0.3, 0.4) is 0 Å². The highest BCUT2D eigenvalue weighted by atomic mass is 32.2. The van der Waals surface area contributed by atoms with Crippen LogP contribution in [-0.4, -0.2) is 46.0 Å². The summed E-state index contributed by atoms with van der Waals surface area (Å²) in [6, 6.07) is 5.58. The standard InChI is InChI=1S/C13H9N3O3S/c1-15-12(19)9(13(15)20-6-14)16-10(17)7-4-2-3-5-8(7)11(16)18/h2-5,9,13H,1H3. The van der Waals surface area contributed by atoms with Gasteiger partial charge >= 0.3 is 0 Å². The average Bonchev–Trinajstić information content (AvgIpc) is 2.72. The smallest absolute Gasteiger partial charge is 0.262 e. The van der Waals surface area contributed by atoms with Gasteiger partial charge in [0.15, 0.2) is 0 Å². The van der Waals surface area contributed by atoms with Crippen LogP contribution >= 0.6 is 11.8 Å². The van der Waals surface area contributed by atoms with E-state index in [0.717, 1.165) is 16.7 Å². The second-order valence-electron chi connectivity index (χ2n) is 4.52. The zero-order chi connectivity index (χ0) is 14.4. The molecule has 3 amide bonds. The number of fused-ring (bicyclic) bond motifs is 1. The van der Waals surface area contributed by atoms with Crippen LogP contribution in [0.4, 0.5) is 0 Å². The molecule has 0 bridgehead atoms. The summed E-state index contributed by atoms with van der Waals surface area (Å²) in [5.41, 5.74) is 0.612. The van der Waals surface area contributed by atoms with E-state index in [1.807, 2.05) is 5.40 Å². The van der Waals surface area contributed by atoms with Gasteiger partial charge in [0.2, 0.25) is 5.91 Å². The summed E-state index contributed by atoms with van der Waals surface area (Å²) in [6.07, 6.45) is 0. The molecule has 0 spiro atoms. The molecule has 2 unspecified atom stereocenters. The minimum absolute atomic E-state index is 0.306. The number of amides is 3. The number of carbonyl (C=O) groups is 3. The van der Waals surface area contributed by atoms with Crippen LogP contribution in [0.1, 0.15) is 20.7 Å². The number of hydrogen-bond acceptors (Lipinski definition) is 5. The fourth-order valence-electron chi connectivity index (χ4n) is 2.48. The average molecular weight is 287 g/mol. The molecule has 1 saturated heterocycles. The van der Waals surface area contributed by atoms with Crippen molar-refractivity contribution in [1.82, 2.24) is 9.80 Å². The third-order valence-corrected chi connectivity index (χ3v) is 4.45. The molecule has 0 aliphatic carbocycles. The minimum Gasteiger partial charge on any atom is -0.328 e. The third kappa shape index (κ3) is 1.48. The van der Waals surface area contributed by atoms with Crippen molar-refractivity contribution in [3.63, 3.8) is 0 Å². The molecule has 0 aromatic heterocycles. The molecule has 0 N–H and O–H groups in total. The highest BCUT2D eigenvalue weighted by molar-refractivity contribution is 8.04. The molecule has 0 saturated carbocycles. The molecule has 2 atom stereocenters. The summed E-state index contributed by atoms with van der Waals surface area (Å²) in [7, 11) is 1.55. The molecule has 1 aromatic carbocycles. The van der Waals surface area contributed by atoms with Crippen molar-refractivity contribution in [2.24, 2.45) is 0 Å². The zero-order valence-corrected chi connectivity index (χ0v) is 11.3. The van der Waals surface area contributed by atoms with Gasteiger partial charge in [-0.3, -0.25) is 19.3 Å². The van der Waals surface area contributed by atoms with E-state index < -0.39 is 23.2 Å². The number of carbonyl (C=O) groups excluding carboxylic acids is 3. The van der Waals surface area contributed by atoms with Crippen LogP contribution in [0.5, 0.6) is 0 Å². The number of thioether (sulfide) groups is 1. The van der Waals surface area contributed by atoms with Gasteiger partial charge in [-0.15, -0.1) is 0 Å². The van der Waals surface area contributed by atoms with Gasteiger partial charge in [-0.1, -0.05) is 12.1 Å². The van der Waals surface area contributed by atoms with Crippen molar-refractivity contribution < 1.29 is 14.4 Å². The van der Waals surface area contributed by atoms with Crippen LogP contribution in [-0.2, 0) is 4.79 Å². The van der Waals surface area contributed by atoms with Crippen molar-refractivity contribution in [2.45, 2.75) is 11.4 Å². The Hall–Kier alpha value is -2.33. The number of likely N-dealkylation sites (tertiary alicyclic amines) is 1. The van der Waals surface area contributed by atoms with Crippen molar-refractivity contribution in [3.8, 4) is 5.40 Å². The number of rotatable bonds is 2. The minimum atomic E-state index is -0.892. The van der Waals surface area contributed by atoms with Crippen molar-refractivity contribution in [1.29, 1.82) is 5.26 Å². The summed E-state index contributed by atoms with van der Waals surface area (Å²) >= 11 is 0.872. The fourth-order valence-corrected chi connectivity index (χ4v) is 3.22. The quantitative estimate of drug-likeness (QED) is 0.453. The number of β-lactam (4-membered cyclic amide) rings is 1. The Kier molecular flexibility index (Phi) is 2.76. The Morgan fingerprint density at radius 2 is 1.70 bits per heavy atom. The lowest BCUT2D eigenvalue weighted by Crippen LogP contribution is -2.68. The largest absolute Gasteiger partial charge is 0.328 e. The summed E-state index contributed by atoms with van der Waals surface area (Å²) in [5.74, 6) is -1.27. The Balaban J connectivity index is 1.97. The molecule has 100 valence electrons. The maximum absolute atomic E-state index is 12.3. The molecule has 6 nitrogen and oxygen atoms in total. The maximum Gasteiger partial charge on any atom is 0.262 e. The zero-order valence-electron chi connectivity index (χ0n) is 10.4. The first-order valence-corrected chi connectivity index (χ1v) is 6.74.